The summed E-state index contributed by atoms with van der Waals surface area (Å²) in [7, 11) is 1.36. The van der Waals surface area contributed by atoms with E-state index >= 15 is 0 Å². The van der Waals surface area contributed by atoms with Gasteiger partial charge in [-0.15, -0.1) is 0 Å². The first-order valence-corrected chi connectivity index (χ1v) is 5.45. The lowest BCUT2D eigenvalue weighted by atomic mass is 10.0. The minimum absolute atomic E-state index is 0.372. The maximum absolute atomic E-state index is 11.5. The Labute approximate surface area is 101 Å². The number of hydrogen-bond acceptors (Lipinski definition) is 4. The average Bonchev–Trinajstić information content (AvgIpc) is 2.32. The molecule has 1 aromatic carbocycles. The minimum atomic E-state index is -0.372. The Morgan fingerprint density at radius 2 is 2.18 bits per heavy atom. The third-order valence-electron chi connectivity index (χ3n) is 2.52. The van der Waals surface area contributed by atoms with Crippen LogP contribution < -0.4 is 11.5 Å². The predicted molar refractivity (Wildman–Crippen MR) is 69.6 cm³/mol. The number of benzene rings is 1. The lowest BCUT2D eigenvalue weighted by Gasteiger charge is -2.08. The fourth-order valence-corrected chi connectivity index (χ4v) is 1.49. The number of ether oxygens (including phenoxy) is 1. The molecule has 4 heteroatoms. The SMILES string of the molecule is COC(=O)c1cc(C=CCCN)cc(N)c1C. The first kappa shape index (κ1) is 13.3. The van der Waals surface area contributed by atoms with Crippen LogP contribution in [0, 0.1) is 6.92 Å². The van der Waals surface area contributed by atoms with Gasteiger partial charge in [-0.05, 0) is 43.1 Å². The second kappa shape index (κ2) is 6.06. The zero-order chi connectivity index (χ0) is 12.8. The molecule has 17 heavy (non-hydrogen) atoms. The van der Waals surface area contributed by atoms with E-state index in [1.54, 1.807) is 13.0 Å². The smallest absolute Gasteiger partial charge is 0.338 e. The third-order valence-corrected chi connectivity index (χ3v) is 2.52. The monoisotopic (exact) mass is 234 g/mol. The van der Waals surface area contributed by atoms with Crippen molar-refractivity contribution in [3.63, 3.8) is 0 Å². The number of nitrogens with two attached hydrogens (primary N) is 2. The topological polar surface area (TPSA) is 78.3 Å². The van der Waals surface area contributed by atoms with E-state index in [-0.39, 0.29) is 5.97 Å². The predicted octanol–water partition coefficient (Wildman–Crippen LogP) is 1.73. The van der Waals surface area contributed by atoms with E-state index in [1.807, 2.05) is 18.2 Å². The highest BCUT2D eigenvalue weighted by atomic mass is 16.5. The van der Waals surface area contributed by atoms with Gasteiger partial charge in [-0.1, -0.05) is 12.2 Å². The molecule has 0 aromatic heterocycles. The summed E-state index contributed by atoms with van der Waals surface area (Å²) in [6.45, 7) is 2.40. The second-order valence-corrected chi connectivity index (χ2v) is 3.75. The molecule has 0 atom stereocenters. The van der Waals surface area contributed by atoms with Crippen molar-refractivity contribution in [3.05, 3.63) is 34.9 Å². The summed E-state index contributed by atoms with van der Waals surface area (Å²) < 4.78 is 4.71. The summed E-state index contributed by atoms with van der Waals surface area (Å²) in [6, 6.07) is 3.60. The number of hydrogen-bond donors (Lipinski definition) is 2. The molecule has 0 aliphatic rings. The first-order chi connectivity index (χ1) is 8.10. The van der Waals surface area contributed by atoms with E-state index in [9.17, 15) is 4.79 Å². The molecule has 1 aromatic rings. The maximum Gasteiger partial charge on any atom is 0.338 e. The number of methoxy groups -OCH3 is 1. The van der Waals surface area contributed by atoms with Crippen LogP contribution in [-0.2, 0) is 4.74 Å². The van der Waals surface area contributed by atoms with Crippen molar-refractivity contribution in [3.8, 4) is 0 Å². The van der Waals surface area contributed by atoms with E-state index < -0.39 is 0 Å². The van der Waals surface area contributed by atoms with Crippen LogP contribution >= 0.6 is 0 Å². The Morgan fingerprint density at radius 3 is 2.76 bits per heavy atom. The summed E-state index contributed by atoms with van der Waals surface area (Å²) in [6.07, 6.45) is 4.64. The van der Waals surface area contributed by atoms with Crippen molar-refractivity contribution >= 4 is 17.7 Å². The normalized spacial score (nSPS) is 10.8. The maximum atomic E-state index is 11.5. The molecule has 0 bridgehead atoms. The standard InChI is InChI=1S/C13H18N2O2/c1-9-11(13(16)17-2)7-10(8-12(9)15)5-3-4-6-14/h3,5,7-8H,4,6,14-15H2,1-2H3. The Hall–Kier alpha value is -1.81. The van der Waals surface area contributed by atoms with Gasteiger partial charge in [0.15, 0.2) is 0 Å². The van der Waals surface area contributed by atoms with Crippen molar-refractivity contribution in [1.82, 2.24) is 0 Å². The van der Waals surface area contributed by atoms with Crippen LogP contribution in [0.15, 0.2) is 18.2 Å². The molecule has 0 fully saturated rings. The van der Waals surface area contributed by atoms with Crippen molar-refractivity contribution in [2.45, 2.75) is 13.3 Å². The Bertz CT molecular complexity index is 439. The molecule has 0 saturated carbocycles. The lowest BCUT2D eigenvalue weighted by molar-refractivity contribution is 0.0600. The van der Waals surface area contributed by atoms with Gasteiger partial charge in [0, 0.05) is 5.69 Å². The molecular weight excluding hydrogens is 216 g/mol. The lowest BCUT2D eigenvalue weighted by Crippen LogP contribution is -2.06. The van der Waals surface area contributed by atoms with Gasteiger partial charge < -0.3 is 16.2 Å². The van der Waals surface area contributed by atoms with Crippen LogP contribution in [0.4, 0.5) is 5.69 Å². The fourth-order valence-electron chi connectivity index (χ4n) is 1.49. The van der Waals surface area contributed by atoms with Gasteiger partial charge >= 0.3 is 5.97 Å². The van der Waals surface area contributed by atoms with Crippen LogP contribution in [0.2, 0.25) is 0 Å². The number of esters is 1. The van der Waals surface area contributed by atoms with Crippen LogP contribution in [0.25, 0.3) is 6.08 Å². The molecule has 0 unspecified atom stereocenters. The third kappa shape index (κ3) is 3.32. The largest absolute Gasteiger partial charge is 0.465 e. The van der Waals surface area contributed by atoms with E-state index in [1.165, 1.54) is 7.11 Å². The Morgan fingerprint density at radius 1 is 1.47 bits per heavy atom. The molecule has 0 aliphatic heterocycles. The first-order valence-electron chi connectivity index (χ1n) is 5.45. The van der Waals surface area contributed by atoms with E-state index in [4.69, 9.17) is 16.2 Å². The molecule has 0 amide bonds. The number of nitrogen functional groups attached to an aromatic ring is 1. The summed E-state index contributed by atoms with van der Waals surface area (Å²) in [5, 5.41) is 0. The van der Waals surface area contributed by atoms with Gasteiger partial charge in [-0.2, -0.15) is 0 Å². The number of anilines is 1. The molecule has 0 aliphatic carbocycles. The van der Waals surface area contributed by atoms with Crippen LogP contribution in [0.1, 0.15) is 27.9 Å². The molecule has 4 nitrogen and oxygen atoms in total. The molecule has 0 saturated heterocycles. The van der Waals surface area contributed by atoms with E-state index in [2.05, 4.69) is 0 Å². The zero-order valence-electron chi connectivity index (χ0n) is 10.2. The molecule has 0 spiro atoms. The molecule has 4 N–H and O–H groups in total. The summed E-state index contributed by atoms with van der Waals surface area (Å²) >= 11 is 0. The summed E-state index contributed by atoms with van der Waals surface area (Å²) in [5.74, 6) is -0.372. The van der Waals surface area contributed by atoms with Crippen molar-refractivity contribution in [2.75, 3.05) is 19.4 Å². The zero-order valence-corrected chi connectivity index (χ0v) is 10.2. The summed E-state index contributed by atoms with van der Waals surface area (Å²) in [5.41, 5.74) is 14.0. The molecule has 92 valence electrons. The highest BCUT2D eigenvalue weighted by molar-refractivity contribution is 5.93. The van der Waals surface area contributed by atoms with Gasteiger partial charge in [-0.3, -0.25) is 0 Å². The number of rotatable bonds is 4. The highest BCUT2D eigenvalue weighted by Gasteiger charge is 2.11. The summed E-state index contributed by atoms with van der Waals surface area (Å²) in [4.78, 5) is 11.5. The van der Waals surface area contributed by atoms with Gasteiger partial charge in [0.05, 0.1) is 12.7 Å². The van der Waals surface area contributed by atoms with Crippen molar-refractivity contribution < 1.29 is 9.53 Å². The van der Waals surface area contributed by atoms with Gasteiger partial charge in [0.25, 0.3) is 0 Å². The van der Waals surface area contributed by atoms with Gasteiger partial charge in [-0.25, -0.2) is 4.79 Å². The van der Waals surface area contributed by atoms with Gasteiger partial charge in [0.2, 0.25) is 0 Å². The molecular formula is C13H18N2O2. The quantitative estimate of drug-likeness (QED) is 0.614. The van der Waals surface area contributed by atoms with Crippen LogP contribution in [-0.4, -0.2) is 19.6 Å². The number of carbonyl (C=O) groups is 1. The minimum Gasteiger partial charge on any atom is -0.465 e. The van der Waals surface area contributed by atoms with E-state index in [0.29, 0.717) is 17.8 Å². The fraction of sp³-hybridized carbons (Fsp3) is 0.308. The number of carbonyl (C=O) groups excluding carboxylic acids is 1. The van der Waals surface area contributed by atoms with Crippen LogP contribution in [0.5, 0.6) is 0 Å². The van der Waals surface area contributed by atoms with Crippen LogP contribution in [0.3, 0.4) is 0 Å². The van der Waals surface area contributed by atoms with Crippen molar-refractivity contribution in [2.24, 2.45) is 5.73 Å². The van der Waals surface area contributed by atoms with Gasteiger partial charge in [0.1, 0.15) is 0 Å². The second-order valence-electron chi connectivity index (χ2n) is 3.75. The molecule has 0 radical (unpaired) electrons. The Balaban J connectivity index is 3.10. The Kier molecular flexibility index (Phi) is 4.72. The van der Waals surface area contributed by atoms with Crippen molar-refractivity contribution in [1.29, 1.82) is 0 Å². The average molecular weight is 234 g/mol. The molecule has 1 rings (SSSR count). The highest BCUT2D eigenvalue weighted by Crippen LogP contribution is 2.20. The van der Waals surface area contributed by atoms with E-state index in [0.717, 1.165) is 17.5 Å². The molecule has 0 heterocycles.